The lowest BCUT2D eigenvalue weighted by molar-refractivity contribution is 0.690. The summed E-state index contributed by atoms with van der Waals surface area (Å²) < 4.78 is 2.30. The molecule has 0 bridgehead atoms. The fraction of sp³-hybridized carbons (Fsp3) is 0.333. The van der Waals surface area contributed by atoms with Crippen molar-refractivity contribution in [2.45, 2.75) is 32.6 Å². The summed E-state index contributed by atoms with van der Waals surface area (Å²) in [7, 11) is 0. The maximum Gasteiger partial charge on any atom is 0.0478 e. The van der Waals surface area contributed by atoms with Crippen molar-refractivity contribution in [2.24, 2.45) is 0 Å². The lowest BCUT2D eigenvalue weighted by Crippen LogP contribution is -1.97. The number of aryl methyl sites for hydroxylation is 3. The molecule has 1 heterocycles. The van der Waals surface area contributed by atoms with Crippen molar-refractivity contribution in [3.63, 3.8) is 0 Å². The standard InChI is InChI=1S/C15H17N/c1-12-6-2-5-9-15(12)16-10-13-7-3-4-8-14(13)11-16/h2,5-6,9-11H,3-4,7-8H2,1H3. The second-order valence-electron chi connectivity index (χ2n) is 4.71. The number of para-hydroxylation sites is 1. The maximum absolute atomic E-state index is 2.32. The molecule has 0 spiro atoms. The van der Waals surface area contributed by atoms with E-state index in [2.05, 4.69) is 48.1 Å². The smallest absolute Gasteiger partial charge is 0.0478 e. The first-order valence-corrected chi connectivity index (χ1v) is 6.10. The van der Waals surface area contributed by atoms with Crippen molar-refractivity contribution in [2.75, 3.05) is 0 Å². The molecule has 3 rings (SSSR count). The summed E-state index contributed by atoms with van der Waals surface area (Å²) >= 11 is 0. The number of nitrogens with zero attached hydrogens (tertiary/aromatic N) is 1. The topological polar surface area (TPSA) is 4.93 Å². The third kappa shape index (κ3) is 1.57. The van der Waals surface area contributed by atoms with Crippen LogP contribution < -0.4 is 0 Å². The van der Waals surface area contributed by atoms with Crippen LogP contribution in [0.3, 0.4) is 0 Å². The molecule has 0 unspecified atom stereocenters. The minimum atomic E-state index is 1.26. The highest BCUT2D eigenvalue weighted by molar-refractivity contribution is 5.43. The monoisotopic (exact) mass is 211 g/mol. The van der Waals surface area contributed by atoms with Gasteiger partial charge in [-0.2, -0.15) is 0 Å². The Balaban J connectivity index is 2.07. The van der Waals surface area contributed by atoms with Crippen molar-refractivity contribution >= 4 is 0 Å². The zero-order chi connectivity index (χ0) is 11.0. The van der Waals surface area contributed by atoms with E-state index in [4.69, 9.17) is 0 Å². The number of hydrogen-bond donors (Lipinski definition) is 0. The summed E-state index contributed by atoms with van der Waals surface area (Å²) in [5.74, 6) is 0. The normalized spacial score (nSPS) is 14.8. The van der Waals surface area contributed by atoms with Gasteiger partial charge in [0.1, 0.15) is 0 Å². The number of aromatic nitrogens is 1. The predicted octanol–water partition coefficient (Wildman–Crippen LogP) is 3.66. The first-order chi connectivity index (χ1) is 7.84. The lowest BCUT2D eigenvalue weighted by atomic mass is 9.96. The average molecular weight is 211 g/mol. The van der Waals surface area contributed by atoms with Crippen LogP contribution in [-0.4, -0.2) is 4.57 Å². The third-order valence-electron chi connectivity index (χ3n) is 3.54. The van der Waals surface area contributed by atoms with Gasteiger partial charge in [-0.15, -0.1) is 0 Å². The van der Waals surface area contributed by atoms with Crippen LogP contribution in [0.15, 0.2) is 36.7 Å². The van der Waals surface area contributed by atoms with E-state index in [-0.39, 0.29) is 0 Å². The Morgan fingerprint density at radius 3 is 2.19 bits per heavy atom. The third-order valence-corrected chi connectivity index (χ3v) is 3.54. The molecule has 1 aliphatic rings. The summed E-state index contributed by atoms with van der Waals surface area (Å²) in [6.07, 6.45) is 9.85. The summed E-state index contributed by atoms with van der Waals surface area (Å²) in [5.41, 5.74) is 5.76. The second kappa shape index (κ2) is 3.82. The van der Waals surface area contributed by atoms with E-state index in [0.717, 1.165) is 0 Å². The molecule has 1 heteroatoms. The number of benzene rings is 1. The van der Waals surface area contributed by atoms with Gasteiger partial charge in [0.05, 0.1) is 0 Å². The highest BCUT2D eigenvalue weighted by Crippen LogP contribution is 2.24. The van der Waals surface area contributed by atoms with Gasteiger partial charge in [0, 0.05) is 18.1 Å². The van der Waals surface area contributed by atoms with Crippen LogP contribution in [0.2, 0.25) is 0 Å². The van der Waals surface area contributed by atoms with Gasteiger partial charge in [-0.3, -0.25) is 0 Å². The van der Waals surface area contributed by atoms with Gasteiger partial charge < -0.3 is 4.57 Å². The molecule has 0 N–H and O–H groups in total. The van der Waals surface area contributed by atoms with Crippen LogP contribution in [0.25, 0.3) is 5.69 Å². The van der Waals surface area contributed by atoms with Crippen LogP contribution in [0.4, 0.5) is 0 Å². The Kier molecular flexibility index (Phi) is 2.32. The van der Waals surface area contributed by atoms with Gasteiger partial charge in [0.2, 0.25) is 0 Å². The molecule has 82 valence electrons. The van der Waals surface area contributed by atoms with Crippen molar-refractivity contribution in [3.8, 4) is 5.69 Å². The van der Waals surface area contributed by atoms with E-state index >= 15 is 0 Å². The largest absolute Gasteiger partial charge is 0.323 e. The SMILES string of the molecule is Cc1ccccc1-n1cc2c(c1)CCCC2. The van der Waals surface area contributed by atoms with E-state index in [1.165, 1.54) is 36.9 Å². The highest BCUT2D eigenvalue weighted by Gasteiger charge is 2.12. The van der Waals surface area contributed by atoms with Crippen LogP contribution in [0.5, 0.6) is 0 Å². The van der Waals surface area contributed by atoms with Crippen LogP contribution in [0.1, 0.15) is 29.5 Å². The van der Waals surface area contributed by atoms with Crippen molar-refractivity contribution in [1.29, 1.82) is 0 Å². The van der Waals surface area contributed by atoms with Crippen molar-refractivity contribution < 1.29 is 0 Å². The van der Waals surface area contributed by atoms with Crippen LogP contribution in [-0.2, 0) is 12.8 Å². The predicted molar refractivity (Wildman–Crippen MR) is 67.1 cm³/mol. The van der Waals surface area contributed by atoms with Gasteiger partial charge in [-0.1, -0.05) is 18.2 Å². The molecular formula is C15H17N. The fourth-order valence-corrected chi connectivity index (χ4v) is 2.61. The zero-order valence-electron chi connectivity index (χ0n) is 9.74. The Morgan fingerprint density at radius 1 is 0.938 bits per heavy atom. The summed E-state index contributed by atoms with van der Waals surface area (Å²) in [4.78, 5) is 0. The van der Waals surface area contributed by atoms with Gasteiger partial charge in [0.15, 0.2) is 0 Å². The average Bonchev–Trinajstić information content (AvgIpc) is 2.73. The molecular weight excluding hydrogens is 194 g/mol. The molecule has 0 amide bonds. The summed E-state index contributed by atoms with van der Waals surface area (Å²) in [6, 6.07) is 8.58. The molecule has 0 atom stereocenters. The number of rotatable bonds is 1. The van der Waals surface area contributed by atoms with E-state index in [1.54, 1.807) is 11.1 Å². The molecule has 1 aliphatic carbocycles. The number of hydrogen-bond acceptors (Lipinski definition) is 0. The zero-order valence-corrected chi connectivity index (χ0v) is 9.74. The molecule has 0 radical (unpaired) electrons. The highest BCUT2D eigenvalue weighted by atomic mass is 15.0. The Hall–Kier alpha value is -1.50. The van der Waals surface area contributed by atoms with Crippen LogP contribution >= 0.6 is 0 Å². The lowest BCUT2D eigenvalue weighted by Gasteiger charge is -2.08. The van der Waals surface area contributed by atoms with Crippen molar-refractivity contribution in [1.82, 2.24) is 4.57 Å². The molecule has 1 aromatic carbocycles. The quantitative estimate of drug-likeness (QED) is 0.678. The summed E-state index contributed by atoms with van der Waals surface area (Å²) in [5, 5.41) is 0. The van der Waals surface area contributed by atoms with Gasteiger partial charge in [0.25, 0.3) is 0 Å². The first kappa shape index (κ1) is 9.71. The molecule has 0 saturated heterocycles. The van der Waals surface area contributed by atoms with E-state index < -0.39 is 0 Å². The Labute approximate surface area is 96.7 Å². The van der Waals surface area contributed by atoms with E-state index in [9.17, 15) is 0 Å². The van der Waals surface area contributed by atoms with Crippen LogP contribution in [0, 0.1) is 6.92 Å². The number of fused-ring (bicyclic) bond motifs is 1. The molecule has 1 nitrogen and oxygen atoms in total. The second-order valence-corrected chi connectivity index (χ2v) is 4.71. The Morgan fingerprint density at radius 2 is 1.56 bits per heavy atom. The molecule has 2 aromatic rings. The fourth-order valence-electron chi connectivity index (χ4n) is 2.61. The maximum atomic E-state index is 2.32. The molecule has 0 aliphatic heterocycles. The van der Waals surface area contributed by atoms with Gasteiger partial charge >= 0.3 is 0 Å². The molecule has 1 aromatic heterocycles. The minimum Gasteiger partial charge on any atom is -0.323 e. The molecule has 0 saturated carbocycles. The van der Waals surface area contributed by atoms with E-state index in [0.29, 0.717) is 0 Å². The summed E-state index contributed by atoms with van der Waals surface area (Å²) in [6.45, 7) is 2.17. The minimum absolute atomic E-state index is 1.26. The first-order valence-electron chi connectivity index (χ1n) is 6.10. The van der Waals surface area contributed by atoms with Gasteiger partial charge in [-0.05, 0) is 55.4 Å². The van der Waals surface area contributed by atoms with Gasteiger partial charge in [-0.25, -0.2) is 0 Å². The van der Waals surface area contributed by atoms with Crippen molar-refractivity contribution in [3.05, 3.63) is 53.3 Å². The molecule has 16 heavy (non-hydrogen) atoms. The molecule has 0 fully saturated rings. The Bertz CT molecular complexity index is 484. The van der Waals surface area contributed by atoms with E-state index in [1.807, 2.05) is 0 Å².